The fourth-order valence-corrected chi connectivity index (χ4v) is 1.88. The lowest BCUT2D eigenvalue weighted by molar-refractivity contribution is 0.0912. The van der Waals surface area contributed by atoms with Gasteiger partial charge in [0.25, 0.3) is 5.91 Å². The van der Waals surface area contributed by atoms with Gasteiger partial charge in [-0.05, 0) is 17.7 Å². The van der Waals surface area contributed by atoms with Gasteiger partial charge in [-0.3, -0.25) is 4.79 Å². The molecule has 20 heavy (non-hydrogen) atoms. The Morgan fingerprint density at radius 3 is 2.70 bits per heavy atom. The van der Waals surface area contributed by atoms with Crippen molar-refractivity contribution in [3.05, 3.63) is 59.8 Å². The maximum Gasteiger partial charge on any atom is 0.257 e. The predicted molar refractivity (Wildman–Crippen MR) is 74.5 cm³/mol. The van der Waals surface area contributed by atoms with E-state index in [9.17, 15) is 9.90 Å². The van der Waals surface area contributed by atoms with Crippen LogP contribution >= 0.6 is 0 Å². The van der Waals surface area contributed by atoms with Crippen molar-refractivity contribution in [2.24, 2.45) is 0 Å². The highest BCUT2D eigenvalue weighted by molar-refractivity contribution is 5.96. The van der Waals surface area contributed by atoms with Gasteiger partial charge in [-0.15, -0.1) is 0 Å². The summed E-state index contributed by atoms with van der Waals surface area (Å²) in [7, 11) is 1.46. The van der Waals surface area contributed by atoms with Crippen LogP contribution in [0.5, 0.6) is 5.88 Å². The van der Waals surface area contributed by atoms with Crippen LogP contribution in [-0.2, 0) is 0 Å². The van der Waals surface area contributed by atoms with Crippen LogP contribution in [0.1, 0.15) is 22.0 Å². The molecular formula is C15H16N2O3. The number of aromatic nitrogens is 1. The molecule has 0 unspecified atom stereocenters. The number of carbonyl (C=O) groups is 1. The van der Waals surface area contributed by atoms with Crippen LogP contribution in [0.15, 0.2) is 48.7 Å². The van der Waals surface area contributed by atoms with Crippen molar-refractivity contribution in [1.82, 2.24) is 10.3 Å². The van der Waals surface area contributed by atoms with Gasteiger partial charge in [-0.1, -0.05) is 30.3 Å². The third kappa shape index (κ3) is 3.13. The van der Waals surface area contributed by atoms with Crippen molar-refractivity contribution < 1.29 is 14.6 Å². The molecule has 0 bridgehead atoms. The second kappa shape index (κ2) is 6.68. The van der Waals surface area contributed by atoms with Crippen molar-refractivity contribution in [2.45, 2.75) is 6.04 Å². The van der Waals surface area contributed by atoms with Crippen molar-refractivity contribution in [3.8, 4) is 5.88 Å². The highest BCUT2D eigenvalue weighted by atomic mass is 16.5. The lowest BCUT2D eigenvalue weighted by Gasteiger charge is -2.17. The highest BCUT2D eigenvalue weighted by Crippen LogP contribution is 2.17. The van der Waals surface area contributed by atoms with Crippen LogP contribution < -0.4 is 10.1 Å². The van der Waals surface area contributed by atoms with E-state index < -0.39 is 6.04 Å². The Balaban J connectivity index is 2.18. The van der Waals surface area contributed by atoms with Crippen molar-refractivity contribution in [1.29, 1.82) is 0 Å². The van der Waals surface area contributed by atoms with Crippen molar-refractivity contribution >= 4 is 5.91 Å². The van der Waals surface area contributed by atoms with Gasteiger partial charge in [0.15, 0.2) is 0 Å². The summed E-state index contributed by atoms with van der Waals surface area (Å²) < 4.78 is 5.05. The molecule has 1 amide bonds. The summed E-state index contributed by atoms with van der Waals surface area (Å²) in [6, 6.07) is 12.1. The van der Waals surface area contributed by atoms with E-state index >= 15 is 0 Å². The first-order valence-electron chi connectivity index (χ1n) is 6.22. The predicted octanol–water partition coefficient (Wildman–Crippen LogP) is 1.55. The zero-order valence-corrected chi connectivity index (χ0v) is 11.1. The molecule has 0 aliphatic heterocycles. The number of aliphatic hydroxyl groups excluding tert-OH is 1. The van der Waals surface area contributed by atoms with E-state index in [0.29, 0.717) is 5.56 Å². The highest BCUT2D eigenvalue weighted by Gasteiger charge is 2.18. The molecule has 1 aromatic carbocycles. The fourth-order valence-electron chi connectivity index (χ4n) is 1.88. The Labute approximate surface area is 117 Å². The van der Waals surface area contributed by atoms with Gasteiger partial charge in [0.1, 0.15) is 5.56 Å². The molecule has 0 saturated heterocycles. The summed E-state index contributed by atoms with van der Waals surface area (Å²) in [4.78, 5) is 16.2. The van der Waals surface area contributed by atoms with E-state index in [0.717, 1.165) is 5.56 Å². The van der Waals surface area contributed by atoms with Crippen LogP contribution in [0.4, 0.5) is 0 Å². The largest absolute Gasteiger partial charge is 0.480 e. The van der Waals surface area contributed by atoms with Crippen LogP contribution in [0.3, 0.4) is 0 Å². The molecule has 1 heterocycles. The number of nitrogens with one attached hydrogen (secondary N) is 1. The Morgan fingerprint density at radius 1 is 1.30 bits per heavy atom. The molecule has 2 aromatic rings. The van der Waals surface area contributed by atoms with E-state index in [1.807, 2.05) is 30.3 Å². The Morgan fingerprint density at radius 2 is 2.05 bits per heavy atom. The number of nitrogens with zero attached hydrogens (tertiary/aromatic N) is 1. The van der Waals surface area contributed by atoms with Crippen LogP contribution in [-0.4, -0.2) is 29.7 Å². The summed E-state index contributed by atoms with van der Waals surface area (Å²) in [5.41, 5.74) is 1.18. The third-order valence-electron chi connectivity index (χ3n) is 2.90. The molecule has 5 heteroatoms. The minimum atomic E-state index is -0.464. The zero-order valence-electron chi connectivity index (χ0n) is 11.1. The molecule has 0 spiro atoms. The summed E-state index contributed by atoms with van der Waals surface area (Å²) >= 11 is 0. The normalized spacial score (nSPS) is 11.7. The molecule has 0 aliphatic carbocycles. The molecule has 1 aromatic heterocycles. The van der Waals surface area contributed by atoms with Gasteiger partial charge >= 0.3 is 0 Å². The summed E-state index contributed by atoms with van der Waals surface area (Å²) in [5, 5.41) is 12.2. The lowest BCUT2D eigenvalue weighted by atomic mass is 10.1. The molecule has 0 saturated carbocycles. The third-order valence-corrected chi connectivity index (χ3v) is 2.90. The molecule has 0 aliphatic rings. The summed E-state index contributed by atoms with van der Waals surface area (Å²) in [5.74, 6) is -0.0763. The Kier molecular flexibility index (Phi) is 4.68. The van der Waals surface area contributed by atoms with Crippen molar-refractivity contribution in [3.63, 3.8) is 0 Å². The molecule has 2 N–H and O–H groups in total. The number of rotatable bonds is 5. The molecule has 0 fully saturated rings. The Bertz CT molecular complexity index is 572. The van der Waals surface area contributed by atoms with E-state index in [2.05, 4.69) is 10.3 Å². The maximum atomic E-state index is 12.2. The fraction of sp³-hybridized carbons (Fsp3) is 0.200. The van der Waals surface area contributed by atoms with Gasteiger partial charge in [-0.2, -0.15) is 0 Å². The monoisotopic (exact) mass is 272 g/mol. The number of hydrogen-bond donors (Lipinski definition) is 2. The first kappa shape index (κ1) is 14.0. The molecule has 5 nitrogen and oxygen atoms in total. The number of methoxy groups -OCH3 is 1. The molecule has 104 valence electrons. The average molecular weight is 272 g/mol. The number of carbonyl (C=O) groups excluding carboxylic acids is 1. The minimum Gasteiger partial charge on any atom is -0.480 e. The Hall–Kier alpha value is -2.40. The molecular weight excluding hydrogens is 256 g/mol. The minimum absolute atomic E-state index is 0.182. The van der Waals surface area contributed by atoms with E-state index in [-0.39, 0.29) is 18.4 Å². The number of amides is 1. The molecule has 1 atom stereocenters. The number of aliphatic hydroxyl groups is 1. The van der Waals surface area contributed by atoms with Gasteiger partial charge in [0, 0.05) is 6.20 Å². The zero-order chi connectivity index (χ0) is 14.4. The first-order valence-corrected chi connectivity index (χ1v) is 6.22. The molecule has 2 rings (SSSR count). The second-order valence-electron chi connectivity index (χ2n) is 4.18. The van der Waals surface area contributed by atoms with Crippen molar-refractivity contribution in [2.75, 3.05) is 13.7 Å². The van der Waals surface area contributed by atoms with E-state index in [1.165, 1.54) is 7.11 Å². The van der Waals surface area contributed by atoms with Gasteiger partial charge in [-0.25, -0.2) is 4.98 Å². The van der Waals surface area contributed by atoms with E-state index in [1.54, 1.807) is 18.3 Å². The number of ether oxygens (including phenoxy) is 1. The number of benzene rings is 1. The van der Waals surface area contributed by atoms with Gasteiger partial charge < -0.3 is 15.2 Å². The maximum absolute atomic E-state index is 12.2. The summed E-state index contributed by atoms with van der Waals surface area (Å²) in [6.07, 6.45) is 1.55. The summed E-state index contributed by atoms with van der Waals surface area (Å²) in [6.45, 7) is -0.182. The smallest absolute Gasteiger partial charge is 0.257 e. The number of pyridine rings is 1. The second-order valence-corrected chi connectivity index (χ2v) is 4.18. The topological polar surface area (TPSA) is 71.5 Å². The standard InChI is InChI=1S/C15H16N2O3/c1-20-15-12(8-5-9-16-15)14(19)17-13(10-18)11-6-3-2-4-7-11/h2-9,13,18H,10H2,1H3,(H,17,19)/t13-/m1/s1. The SMILES string of the molecule is COc1ncccc1C(=O)N[C@H](CO)c1ccccc1. The number of hydrogen-bond acceptors (Lipinski definition) is 4. The molecule has 0 radical (unpaired) electrons. The van der Waals surface area contributed by atoms with Crippen LogP contribution in [0, 0.1) is 0 Å². The van der Waals surface area contributed by atoms with Crippen LogP contribution in [0.25, 0.3) is 0 Å². The first-order chi connectivity index (χ1) is 9.76. The average Bonchev–Trinajstić information content (AvgIpc) is 2.53. The van der Waals surface area contributed by atoms with Crippen LogP contribution in [0.2, 0.25) is 0 Å². The van der Waals surface area contributed by atoms with Gasteiger partial charge in [0.2, 0.25) is 5.88 Å². The van der Waals surface area contributed by atoms with E-state index in [4.69, 9.17) is 4.74 Å². The quantitative estimate of drug-likeness (QED) is 0.866. The van der Waals surface area contributed by atoms with Gasteiger partial charge in [0.05, 0.1) is 19.8 Å². The lowest BCUT2D eigenvalue weighted by Crippen LogP contribution is -2.31.